The number of carbonyl (C=O) groups is 1. The Bertz CT molecular complexity index is 886. The van der Waals surface area contributed by atoms with Crippen molar-refractivity contribution in [2.45, 2.75) is 18.4 Å². The molecule has 0 unspecified atom stereocenters. The zero-order valence-electron chi connectivity index (χ0n) is 13.5. The van der Waals surface area contributed by atoms with Crippen molar-refractivity contribution in [1.82, 2.24) is 15.2 Å². The Kier molecular flexibility index (Phi) is 3.73. The highest BCUT2D eigenvalue weighted by Crippen LogP contribution is 2.44. The molecule has 25 heavy (non-hydrogen) atoms. The Hall–Kier alpha value is -2.13. The number of rotatable bonds is 2. The minimum absolute atomic E-state index is 0.0517. The number of fused-ring (bicyclic) bond motifs is 1. The van der Waals surface area contributed by atoms with Crippen molar-refractivity contribution in [1.29, 1.82) is 5.41 Å². The van der Waals surface area contributed by atoms with Crippen LogP contribution in [0.1, 0.15) is 23.4 Å². The van der Waals surface area contributed by atoms with E-state index >= 15 is 0 Å². The number of thiazole rings is 1. The Morgan fingerprint density at radius 3 is 2.92 bits per heavy atom. The van der Waals surface area contributed by atoms with Crippen LogP contribution in [0.15, 0.2) is 28.2 Å². The van der Waals surface area contributed by atoms with Crippen molar-refractivity contribution in [2.24, 2.45) is 0 Å². The SMILES string of the molecule is CN1C(=N)N[C@](C)(c2nc(Br)cs2)[C@@H](c2ccc3c(c2)OCO3)C1=O. The highest BCUT2D eigenvalue weighted by atomic mass is 79.9. The fourth-order valence-corrected chi connectivity index (χ4v) is 4.59. The lowest BCUT2D eigenvalue weighted by Crippen LogP contribution is -2.62. The normalized spacial score (nSPS) is 25.2. The van der Waals surface area contributed by atoms with E-state index in [1.54, 1.807) is 7.05 Å². The first-order chi connectivity index (χ1) is 11.9. The number of carbonyl (C=O) groups excluding carboxylic acids is 1. The molecule has 2 aliphatic heterocycles. The van der Waals surface area contributed by atoms with Gasteiger partial charge in [-0.25, -0.2) is 4.98 Å². The molecule has 9 heteroatoms. The zero-order valence-corrected chi connectivity index (χ0v) is 15.9. The molecule has 0 radical (unpaired) electrons. The fraction of sp³-hybridized carbons (Fsp3) is 0.312. The van der Waals surface area contributed by atoms with Crippen LogP contribution in [0.2, 0.25) is 0 Å². The summed E-state index contributed by atoms with van der Waals surface area (Å²) < 4.78 is 11.5. The lowest BCUT2D eigenvalue weighted by molar-refractivity contribution is -0.131. The number of hydrogen-bond acceptors (Lipinski definition) is 6. The van der Waals surface area contributed by atoms with Gasteiger partial charge in [-0.3, -0.25) is 15.1 Å². The summed E-state index contributed by atoms with van der Waals surface area (Å²) in [5, 5.41) is 13.9. The number of nitrogens with one attached hydrogen (secondary N) is 2. The third-order valence-electron chi connectivity index (χ3n) is 4.52. The summed E-state index contributed by atoms with van der Waals surface area (Å²) in [6.45, 7) is 2.07. The molecule has 0 spiro atoms. The van der Waals surface area contributed by atoms with Crippen LogP contribution in [0.5, 0.6) is 11.5 Å². The second kappa shape index (κ2) is 5.70. The number of benzene rings is 1. The van der Waals surface area contributed by atoms with E-state index < -0.39 is 11.5 Å². The van der Waals surface area contributed by atoms with Gasteiger partial charge in [0.05, 0.1) is 5.92 Å². The predicted molar refractivity (Wildman–Crippen MR) is 96.1 cm³/mol. The largest absolute Gasteiger partial charge is 0.454 e. The lowest BCUT2D eigenvalue weighted by Gasteiger charge is -2.44. The quantitative estimate of drug-likeness (QED) is 0.776. The van der Waals surface area contributed by atoms with E-state index in [1.165, 1.54) is 16.2 Å². The first-order valence-electron chi connectivity index (χ1n) is 7.55. The van der Waals surface area contributed by atoms with Crippen molar-refractivity contribution < 1.29 is 14.3 Å². The second-order valence-corrected chi connectivity index (χ2v) is 7.76. The molecule has 1 amide bonds. The molecule has 0 saturated carbocycles. The van der Waals surface area contributed by atoms with Gasteiger partial charge in [0, 0.05) is 12.4 Å². The minimum Gasteiger partial charge on any atom is -0.454 e. The first kappa shape index (κ1) is 16.3. The monoisotopic (exact) mass is 422 g/mol. The van der Waals surface area contributed by atoms with Crippen LogP contribution >= 0.6 is 27.3 Å². The predicted octanol–water partition coefficient (Wildman–Crippen LogP) is 2.63. The van der Waals surface area contributed by atoms with Crippen molar-refractivity contribution in [2.75, 3.05) is 13.8 Å². The molecule has 1 fully saturated rings. The summed E-state index contributed by atoms with van der Waals surface area (Å²) in [5.41, 5.74) is -0.0552. The number of hydrogen-bond donors (Lipinski definition) is 2. The van der Waals surface area contributed by atoms with Crippen molar-refractivity contribution >= 4 is 39.1 Å². The molecule has 0 bridgehead atoms. The van der Waals surface area contributed by atoms with Gasteiger partial charge in [0.25, 0.3) is 0 Å². The third kappa shape index (κ3) is 2.49. The maximum absolute atomic E-state index is 13.1. The minimum atomic E-state index is -0.842. The van der Waals surface area contributed by atoms with Gasteiger partial charge in [-0.05, 0) is 40.5 Å². The van der Waals surface area contributed by atoms with Crippen LogP contribution in [0.4, 0.5) is 0 Å². The van der Waals surface area contributed by atoms with Crippen molar-refractivity contribution in [3.63, 3.8) is 0 Å². The van der Waals surface area contributed by atoms with Crippen molar-refractivity contribution in [3.05, 3.63) is 38.8 Å². The van der Waals surface area contributed by atoms with Crippen LogP contribution in [-0.4, -0.2) is 35.6 Å². The maximum atomic E-state index is 13.1. The van der Waals surface area contributed by atoms with Crippen LogP contribution in [-0.2, 0) is 10.3 Å². The summed E-state index contributed by atoms with van der Waals surface area (Å²) in [7, 11) is 1.59. The molecule has 2 N–H and O–H groups in total. The average Bonchev–Trinajstić information content (AvgIpc) is 3.21. The molecule has 130 valence electrons. The molecule has 2 atom stereocenters. The van der Waals surface area contributed by atoms with E-state index in [0.29, 0.717) is 16.1 Å². The number of nitrogens with zero attached hydrogens (tertiary/aromatic N) is 2. The Labute approximate surface area is 156 Å². The van der Waals surface area contributed by atoms with E-state index in [1.807, 2.05) is 30.5 Å². The van der Waals surface area contributed by atoms with E-state index in [2.05, 4.69) is 26.2 Å². The Balaban J connectivity index is 1.85. The number of halogens is 1. The highest BCUT2D eigenvalue weighted by Gasteiger charge is 2.50. The molecular weight excluding hydrogens is 408 g/mol. The second-order valence-electron chi connectivity index (χ2n) is 6.09. The summed E-state index contributed by atoms with van der Waals surface area (Å²) in [6.07, 6.45) is 0. The van der Waals surface area contributed by atoms with E-state index in [0.717, 1.165) is 10.6 Å². The smallest absolute Gasteiger partial charge is 0.239 e. The van der Waals surface area contributed by atoms with Gasteiger partial charge in [-0.15, -0.1) is 11.3 Å². The van der Waals surface area contributed by atoms with Gasteiger partial charge >= 0.3 is 0 Å². The number of ether oxygens (including phenoxy) is 2. The number of guanidine groups is 1. The fourth-order valence-electron chi connectivity index (χ4n) is 3.19. The summed E-state index contributed by atoms with van der Waals surface area (Å²) in [4.78, 5) is 18.9. The molecule has 4 rings (SSSR count). The summed E-state index contributed by atoms with van der Waals surface area (Å²) >= 11 is 4.81. The molecule has 1 aromatic carbocycles. The van der Waals surface area contributed by atoms with Gasteiger partial charge < -0.3 is 14.8 Å². The lowest BCUT2D eigenvalue weighted by atomic mass is 9.78. The Morgan fingerprint density at radius 1 is 1.44 bits per heavy atom. The number of amides is 1. The van der Waals surface area contributed by atoms with Gasteiger partial charge in [0.2, 0.25) is 12.7 Å². The standard InChI is InChI=1S/C16H15BrN4O3S/c1-16(14-19-11(17)6-25-14)12(13(22)21(2)15(18)20-16)8-3-4-9-10(5-8)24-7-23-9/h3-6,12H,7H2,1-2H3,(H2,18,20)/t12-,16-/m0/s1. The summed E-state index contributed by atoms with van der Waals surface area (Å²) in [6, 6.07) is 5.50. The number of likely N-dealkylation sites (N-methyl/N-ethyl adjacent to an activating group) is 1. The van der Waals surface area contributed by atoms with Crippen LogP contribution in [0.25, 0.3) is 0 Å². The first-order valence-corrected chi connectivity index (χ1v) is 9.23. The van der Waals surface area contributed by atoms with E-state index in [-0.39, 0.29) is 18.7 Å². The topological polar surface area (TPSA) is 87.5 Å². The molecule has 1 aromatic heterocycles. The van der Waals surface area contributed by atoms with Gasteiger partial charge in [0.1, 0.15) is 15.1 Å². The van der Waals surface area contributed by atoms with E-state index in [4.69, 9.17) is 14.9 Å². The zero-order chi connectivity index (χ0) is 17.8. The molecule has 3 heterocycles. The average molecular weight is 423 g/mol. The molecule has 0 aliphatic carbocycles. The highest BCUT2D eigenvalue weighted by molar-refractivity contribution is 9.10. The number of aromatic nitrogens is 1. The van der Waals surface area contributed by atoms with Crippen LogP contribution in [0.3, 0.4) is 0 Å². The van der Waals surface area contributed by atoms with Crippen LogP contribution < -0.4 is 14.8 Å². The van der Waals surface area contributed by atoms with Crippen LogP contribution in [0, 0.1) is 5.41 Å². The molecule has 2 aliphatic rings. The van der Waals surface area contributed by atoms with Gasteiger partial charge in [-0.2, -0.15) is 0 Å². The maximum Gasteiger partial charge on any atom is 0.239 e. The van der Waals surface area contributed by atoms with E-state index in [9.17, 15) is 4.79 Å². The molecule has 7 nitrogen and oxygen atoms in total. The van der Waals surface area contributed by atoms with Gasteiger partial charge in [-0.1, -0.05) is 6.07 Å². The summed E-state index contributed by atoms with van der Waals surface area (Å²) in [5.74, 6) is 0.613. The van der Waals surface area contributed by atoms with Gasteiger partial charge in [0.15, 0.2) is 17.5 Å². The van der Waals surface area contributed by atoms with Crippen molar-refractivity contribution in [3.8, 4) is 11.5 Å². The molecule has 2 aromatic rings. The molecular formula is C16H15BrN4O3S. The molecule has 1 saturated heterocycles. The third-order valence-corrected chi connectivity index (χ3v) is 6.31. The Morgan fingerprint density at radius 2 is 2.20 bits per heavy atom.